The lowest BCUT2D eigenvalue weighted by atomic mass is 9.96. The molecule has 4 rings (SSSR count). The molecular formula is C24H27N7O2S. The Morgan fingerprint density at radius 1 is 1.32 bits per heavy atom. The van der Waals surface area contributed by atoms with Gasteiger partial charge in [-0.3, -0.25) is 15.0 Å². The number of carbonyl (C=O) groups excluding carboxylic acids is 2. The number of amides is 2. The second-order valence-corrected chi connectivity index (χ2v) is 9.83. The van der Waals surface area contributed by atoms with Crippen LogP contribution in [0.3, 0.4) is 0 Å². The second-order valence-electron chi connectivity index (χ2n) is 8.60. The van der Waals surface area contributed by atoms with Gasteiger partial charge in [-0.2, -0.15) is 0 Å². The molecule has 0 spiro atoms. The molecule has 0 saturated carbocycles. The number of aliphatic imine (C=N–C) groups is 1. The molecule has 1 aromatic carbocycles. The number of rotatable bonds is 5. The van der Waals surface area contributed by atoms with E-state index in [1.807, 2.05) is 37.3 Å². The second kappa shape index (κ2) is 8.86. The Morgan fingerprint density at radius 2 is 2.09 bits per heavy atom. The van der Waals surface area contributed by atoms with E-state index in [1.54, 1.807) is 41.2 Å². The predicted molar refractivity (Wildman–Crippen MR) is 135 cm³/mol. The Bertz CT molecular complexity index is 1300. The van der Waals surface area contributed by atoms with Crippen molar-refractivity contribution in [2.24, 2.45) is 10.7 Å². The molecule has 3 aromatic rings. The average molecular weight is 478 g/mol. The highest BCUT2D eigenvalue weighted by Crippen LogP contribution is 2.35. The number of H-pyrrole nitrogens is 1. The smallest absolute Gasteiger partial charge is 0.252 e. The first-order valence-electron chi connectivity index (χ1n) is 10.8. The molecule has 10 heteroatoms. The highest BCUT2D eigenvalue weighted by molar-refractivity contribution is 7.15. The van der Waals surface area contributed by atoms with Crippen LogP contribution in [0.2, 0.25) is 0 Å². The highest BCUT2D eigenvalue weighted by atomic mass is 32.1. The van der Waals surface area contributed by atoms with Crippen LogP contribution in [0.25, 0.3) is 21.7 Å². The minimum Gasteiger partial charge on any atom is -0.382 e. The van der Waals surface area contributed by atoms with Crippen molar-refractivity contribution >= 4 is 41.0 Å². The zero-order valence-electron chi connectivity index (χ0n) is 19.5. The summed E-state index contributed by atoms with van der Waals surface area (Å²) in [5, 5.41) is 8.22. The van der Waals surface area contributed by atoms with E-state index in [2.05, 4.69) is 15.0 Å². The molecule has 0 unspecified atom stereocenters. The van der Waals surface area contributed by atoms with Gasteiger partial charge in [-0.05, 0) is 39.0 Å². The summed E-state index contributed by atoms with van der Waals surface area (Å²) < 4.78 is 0. The lowest BCUT2D eigenvalue weighted by molar-refractivity contribution is -0.145. The normalized spacial score (nSPS) is 16.1. The molecule has 1 saturated heterocycles. The third kappa shape index (κ3) is 4.12. The highest BCUT2D eigenvalue weighted by Gasteiger charge is 2.43. The molecule has 2 amide bonds. The zero-order valence-corrected chi connectivity index (χ0v) is 20.4. The van der Waals surface area contributed by atoms with Crippen molar-refractivity contribution in [3.8, 4) is 21.7 Å². The van der Waals surface area contributed by atoms with E-state index in [9.17, 15) is 9.59 Å². The summed E-state index contributed by atoms with van der Waals surface area (Å²) in [6.45, 7) is 7.87. The number of anilines is 1. The van der Waals surface area contributed by atoms with Crippen molar-refractivity contribution in [3.63, 3.8) is 0 Å². The van der Waals surface area contributed by atoms with Crippen molar-refractivity contribution in [2.45, 2.75) is 33.2 Å². The molecule has 4 N–H and O–H groups in total. The number of nitrogens with zero attached hydrogens (tertiary/aromatic N) is 4. The average Bonchev–Trinajstić information content (AvgIpc) is 3.42. The fourth-order valence-corrected chi connectivity index (χ4v) is 5.09. The minimum absolute atomic E-state index is 0.110. The van der Waals surface area contributed by atoms with Gasteiger partial charge in [0.1, 0.15) is 17.7 Å². The number of amidine groups is 1. The van der Waals surface area contributed by atoms with Crippen LogP contribution in [-0.4, -0.2) is 57.5 Å². The van der Waals surface area contributed by atoms with Gasteiger partial charge in [0.15, 0.2) is 0 Å². The maximum absolute atomic E-state index is 13.3. The summed E-state index contributed by atoms with van der Waals surface area (Å²) in [6.07, 6.45) is 2.70. The lowest BCUT2D eigenvalue weighted by Crippen LogP contribution is -2.64. The molecule has 1 aliphatic rings. The molecule has 0 radical (unpaired) electrons. The first kappa shape index (κ1) is 23.4. The largest absolute Gasteiger partial charge is 0.382 e. The molecule has 3 heterocycles. The minimum atomic E-state index is -0.922. The molecule has 0 atom stereocenters. The summed E-state index contributed by atoms with van der Waals surface area (Å²) in [5.41, 5.74) is 9.10. The fourth-order valence-electron chi connectivity index (χ4n) is 4.29. The number of carbonyl (C=O) groups is 2. The van der Waals surface area contributed by atoms with Crippen LogP contribution in [0.4, 0.5) is 5.69 Å². The number of benzene rings is 1. The number of aromatic amines is 1. The monoisotopic (exact) mass is 477 g/mol. The third-order valence-electron chi connectivity index (χ3n) is 6.00. The van der Waals surface area contributed by atoms with Crippen LogP contribution in [-0.2, 0) is 9.59 Å². The molecule has 1 fully saturated rings. The van der Waals surface area contributed by atoms with E-state index in [1.165, 1.54) is 6.92 Å². The quantitative estimate of drug-likeness (QED) is 0.384. The maximum Gasteiger partial charge on any atom is 0.252 e. The summed E-state index contributed by atoms with van der Waals surface area (Å²) in [6, 6.07) is 9.66. The van der Waals surface area contributed by atoms with Gasteiger partial charge in [-0.15, -0.1) is 11.3 Å². The van der Waals surface area contributed by atoms with E-state index in [-0.39, 0.29) is 17.6 Å². The van der Waals surface area contributed by atoms with Crippen LogP contribution in [0.5, 0.6) is 0 Å². The summed E-state index contributed by atoms with van der Waals surface area (Å²) in [4.78, 5) is 41.2. The molecular weight excluding hydrogens is 450 g/mol. The molecule has 2 aromatic heterocycles. The Morgan fingerprint density at radius 3 is 2.74 bits per heavy atom. The predicted octanol–water partition coefficient (Wildman–Crippen LogP) is 3.40. The fraction of sp³-hybridized carbons (Fsp3) is 0.292. The number of nitrogens with one attached hydrogen (secondary N) is 2. The van der Waals surface area contributed by atoms with Gasteiger partial charge in [-0.1, -0.05) is 12.1 Å². The Hall–Kier alpha value is -3.79. The first-order chi connectivity index (χ1) is 16.1. The summed E-state index contributed by atoms with van der Waals surface area (Å²) >= 11 is 1.54. The van der Waals surface area contributed by atoms with Gasteiger partial charge in [0.05, 0.1) is 15.6 Å². The van der Waals surface area contributed by atoms with E-state index in [0.29, 0.717) is 18.8 Å². The summed E-state index contributed by atoms with van der Waals surface area (Å²) in [7, 11) is 0. The van der Waals surface area contributed by atoms with Crippen molar-refractivity contribution in [1.29, 1.82) is 5.41 Å². The number of aryl methyl sites for hydroxylation is 1. The maximum atomic E-state index is 13.3. The van der Waals surface area contributed by atoms with E-state index < -0.39 is 5.54 Å². The Kier molecular flexibility index (Phi) is 6.09. The molecule has 34 heavy (non-hydrogen) atoms. The molecule has 9 nitrogen and oxygen atoms in total. The zero-order chi connectivity index (χ0) is 24.6. The number of nitrogens with two attached hydrogens (primary N) is 1. The van der Waals surface area contributed by atoms with Crippen LogP contribution in [0.15, 0.2) is 41.5 Å². The van der Waals surface area contributed by atoms with Crippen LogP contribution in [0.1, 0.15) is 31.5 Å². The number of hydrogen-bond donors (Lipinski definition) is 3. The number of thiazole rings is 1. The number of piperazine rings is 1. The van der Waals surface area contributed by atoms with Gasteiger partial charge < -0.3 is 20.5 Å². The summed E-state index contributed by atoms with van der Waals surface area (Å²) in [5.74, 6) is -0.0297. The van der Waals surface area contributed by atoms with Crippen molar-refractivity contribution in [3.05, 3.63) is 47.2 Å². The molecule has 0 bridgehead atoms. The van der Waals surface area contributed by atoms with E-state index >= 15 is 0 Å². The molecule has 1 aliphatic heterocycles. The van der Waals surface area contributed by atoms with Gasteiger partial charge in [-0.25, -0.2) is 9.98 Å². The van der Waals surface area contributed by atoms with E-state index in [0.717, 1.165) is 38.7 Å². The van der Waals surface area contributed by atoms with Crippen molar-refractivity contribution in [1.82, 2.24) is 14.9 Å². The molecule has 0 aliphatic carbocycles. The van der Waals surface area contributed by atoms with Gasteiger partial charge in [0.25, 0.3) is 5.91 Å². The van der Waals surface area contributed by atoms with Crippen molar-refractivity contribution in [2.75, 3.05) is 18.0 Å². The van der Waals surface area contributed by atoms with E-state index in [4.69, 9.17) is 11.1 Å². The Labute approximate surface area is 201 Å². The van der Waals surface area contributed by atoms with Crippen LogP contribution >= 0.6 is 11.3 Å². The van der Waals surface area contributed by atoms with Gasteiger partial charge in [0.2, 0.25) is 5.91 Å². The van der Waals surface area contributed by atoms with Crippen molar-refractivity contribution < 1.29 is 9.59 Å². The first-order valence-corrected chi connectivity index (χ1v) is 11.6. The molecule has 176 valence electrons. The topological polar surface area (TPSA) is 132 Å². The standard InChI is InChI=1S/C24H27N7O2S/c1-14-27-12-20(34-14)18-11-19(29-21(18)22(26)28-13-25)16-6-5-7-17(10-16)30-8-9-31(15(2)32)24(3,4)23(30)33/h5-7,10-13,29H,8-9H2,1-4H3,(H3,25,26,28). The SMILES string of the molecule is CC(=O)N1CCN(c2cccc(-c3cc(-c4cnc(C)s4)c(/C(N)=N\C=N)[nH]3)c2)C(=O)C1(C)C. The lowest BCUT2D eigenvalue weighted by Gasteiger charge is -2.45. The van der Waals surface area contributed by atoms with Gasteiger partial charge in [0, 0.05) is 48.7 Å². The number of aromatic nitrogens is 2. The van der Waals surface area contributed by atoms with Crippen LogP contribution < -0.4 is 10.6 Å². The number of hydrogen-bond acceptors (Lipinski definition) is 5. The van der Waals surface area contributed by atoms with Crippen LogP contribution in [0, 0.1) is 12.3 Å². The van der Waals surface area contributed by atoms with Gasteiger partial charge >= 0.3 is 0 Å². The third-order valence-corrected chi connectivity index (χ3v) is 6.95. The Balaban J connectivity index is 1.74.